The van der Waals surface area contributed by atoms with Crippen LogP contribution in [0, 0.1) is 11.3 Å². The van der Waals surface area contributed by atoms with Crippen LogP contribution in [0.25, 0.3) is 0 Å². The molecule has 0 spiro atoms. The van der Waals surface area contributed by atoms with Crippen LogP contribution in [0.1, 0.15) is 21.7 Å². The molecule has 0 aliphatic rings. The molecule has 0 unspecified atom stereocenters. The summed E-state index contributed by atoms with van der Waals surface area (Å²) >= 11 is 0. The second-order valence-electron chi connectivity index (χ2n) is 3.91. The SMILES string of the molecule is N#Cc1ccc(C(=O)O)n1CCc1ccccc1. The van der Waals surface area contributed by atoms with Gasteiger partial charge in [0.25, 0.3) is 0 Å². The van der Waals surface area contributed by atoms with Gasteiger partial charge < -0.3 is 9.67 Å². The summed E-state index contributed by atoms with van der Waals surface area (Å²) in [5, 5.41) is 18.0. The van der Waals surface area contributed by atoms with Crippen molar-refractivity contribution in [2.45, 2.75) is 13.0 Å². The highest BCUT2D eigenvalue weighted by Crippen LogP contribution is 2.11. The molecule has 0 fully saturated rings. The van der Waals surface area contributed by atoms with Gasteiger partial charge in [0.15, 0.2) is 0 Å². The van der Waals surface area contributed by atoms with Crippen LogP contribution in [0.5, 0.6) is 0 Å². The van der Waals surface area contributed by atoms with Gasteiger partial charge in [-0.3, -0.25) is 0 Å². The second kappa shape index (κ2) is 5.19. The van der Waals surface area contributed by atoms with Gasteiger partial charge >= 0.3 is 5.97 Å². The number of carboxylic acids is 1. The molecule has 90 valence electrons. The first-order valence-electron chi connectivity index (χ1n) is 5.59. The van der Waals surface area contributed by atoms with Crippen LogP contribution >= 0.6 is 0 Å². The van der Waals surface area contributed by atoms with Gasteiger partial charge in [-0.05, 0) is 24.1 Å². The van der Waals surface area contributed by atoms with E-state index in [2.05, 4.69) is 0 Å². The molecule has 0 radical (unpaired) electrons. The molecular formula is C14H12N2O2. The number of nitrogens with zero attached hydrogens (tertiary/aromatic N) is 2. The summed E-state index contributed by atoms with van der Waals surface area (Å²) in [6.07, 6.45) is 0.699. The standard InChI is InChI=1S/C14H12N2O2/c15-10-12-6-7-13(14(17)18)16(12)9-8-11-4-2-1-3-5-11/h1-7H,8-9H2,(H,17,18). The van der Waals surface area contributed by atoms with Gasteiger partial charge in [0, 0.05) is 6.54 Å². The maximum absolute atomic E-state index is 11.0. The minimum absolute atomic E-state index is 0.155. The summed E-state index contributed by atoms with van der Waals surface area (Å²) < 4.78 is 1.54. The van der Waals surface area contributed by atoms with Crippen molar-refractivity contribution in [3.8, 4) is 6.07 Å². The molecule has 1 aromatic carbocycles. The summed E-state index contributed by atoms with van der Waals surface area (Å²) in [7, 11) is 0. The third-order valence-corrected chi connectivity index (χ3v) is 2.78. The van der Waals surface area contributed by atoms with E-state index in [0.717, 1.165) is 5.56 Å². The topological polar surface area (TPSA) is 66.0 Å². The van der Waals surface area contributed by atoms with Crippen molar-refractivity contribution in [1.82, 2.24) is 4.57 Å². The summed E-state index contributed by atoms with van der Waals surface area (Å²) in [5.41, 5.74) is 1.65. The average molecular weight is 240 g/mol. The molecular weight excluding hydrogens is 228 g/mol. The highest BCUT2D eigenvalue weighted by Gasteiger charge is 2.13. The number of nitriles is 1. The molecule has 18 heavy (non-hydrogen) atoms. The van der Waals surface area contributed by atoms with Crippen molar-refractivity contribution in [2.24, 2.45) is 0 Å². The number of rotatable bonds is 4. The van der Waals surface area contributed by atoms with Crippen molar-refractivity contribution in [2.75, 3.05) is 0 Å². The molecule has 4 heteroatoms. The predicted octanol–water partition coefficient (Wildman–Crippen LogP) is 2.30. The van der Waals surface area contributed by atoms with E-state index >= 15 is 0 Å². The lowest BCUT2D eigenvalue weighted by atomic mass is 10.1. The molecule has 1 heterocycles. The van der Waals surface area contributed by atoms with Gasteiger partial charge in [0.05, 0.1) is 0 Å². The largest absolute Gasteiger partial charge is 0.477 e. The van der Waals surface area contributed by atoms with E-state index in [1.54, 1.807) is 0 Å². The number of benzene rings is 1. The van der Waals surface area contributed by atoms with Gasteiger partial charge in [-0.25, -0.2) is 4.79 Å². The Morgan fingerprint density at radius 2 is 1.94 bits per heavy atom. The molecule has 2 aromatic rings. The van der Waals surface area contributed by atoms with Crippen LogP contribution in [0.15, 0.2) is 42.5 Å². The number of aryl methyl sites for hydroxylation is 1. The summed E-state index contributed by atoms with van der Waals surface area (Å²) in [6, 6.07) is 14.8. The minimum atomic E-state index is -1.01. The zero-order valence-electron chi connectivity index (χ0n) is 9.71. The van der Waals surface area contributed by atoms with Gasteiger partial charge in [-0.2, -0.15) is 5.26 Å². The van der Waals surface area contributed by atoms with Crippen LogP contribution < -0.4 is 0 Å². The van der Waals surface area contributed by atoms with Crippen molar-refractivity contribution in [3.63, 3.8) is 0 Å². The molecule has 0 saturated heterocycles. The Hall–Kier alpha value is -2.54. The molecule has 0 amide bonds. The lowest BCUT2D eigenvalue weighted by molar-refractivity contribution is 0.0685. The van der Waals surface area contributed by atoms with Gasteiger partial charge in [0.2, 0.25) is 0 Å². The zero-order chi connectivity index (χ0) is 13.0. The van der Waals surface area contributed by atoms with E-state index in [-0.39, 0.29) is 5.69 Å². The fourth-order valence-corrected chi connectivity index (χ4v) is 1.88. The maximum Gasteiger partial charge on any atom is 0.352 e. The highest BCUT2D eigenvalue weighted by molar-refractivity contribution is 5.86. The van der Waals surface area contributed by atoms with E-state index in [1.165, 1.54) is 16.7 Å². The van der Waals surface area contributed by atoms with Gasteiger partial charge in [0.1, 0.15) is 17.5 Å². The lowest BCUT2D eigenvalue weighted by Gasteiger charge is -2.07. The first-order valence-corrected chi connectivity index (χ1v) is 5.59. The minimum Gasteiger partial charge on any atom is -0.477 e. The van der Waals surface area contributed by atoms with Crippen LogP contribution in [0.3, 0.4) is 0 Å². The fraction of sp³-hybridized carbons (Fsp3) is 0.143. The normalized spacial score (nSPS) is 9.94. The maximum atomic E-state index is 11.0. The number of carboxylic acid groups (broad SMARTS) is 1. The number of aromatic carboxylic acids is 1. The monoisotopic (exact) mass is 240 g/mol. The van der Waals surface area contributed by atoms with E-state index in [4.69, 9.17) is 10.4 Å². The molecule has 2 rings (SSSR count). The van der Waals surface area contributed by atoms with Crippen LogP contribution in [0.2, 0.25) is 0 Å². The summed E-state index contributed by atoms with van der Waals surface area (Å²) in [4.78, 5) is 11.0. The van der Waals surface area contributed by atoms with Gasteiger partial charge in [-0.1, -0.05) is 30.3 Å². The summed E-state index contributed by atoms with van der Waals surface area (Å²) in [6.45, 7) is 0.488. The van der Waals surface area contributed by atoms with Crippen molar-refractivity contribution in [1.29, 1.82) is 5.26 Å². The zero-order valence-corrected chi connectivity index (χ0v) is 9.71. The number of hydrogen-bond acceptors (Lipinski definition) is 2. The Labute approximate surface area is 105 Å². The van der Waals surface area contributed by atoms with Crippen LogP contribution in [-0.2, 0) is 13.0 Å². The number of hydrogen-bond donors (Lipinski definition) is 1. The molecule has 0 aliphatic heterocycles. The third kappa shape index (κ3) is 2.41. The average Bonchev–Trinajstić information content (AvgIpc) is 2.80. The van der Waals surface area contributed by atoms with Crippen molar-refractivity contribution in [3.05, 3.63) is 59.4 Å². The van der Waals surface area contributed by atoms with E-state index in [1.807, 2.05) is 36.4 Å². The van der Waals surface area contributed by atoms with E-state index in [0.29, 0.717) is 18.7 Å². The Kier molecular flexibility index (Phi) is 3.44. The molecule has 0 bridgehead atoms. The Morgan fingerprint density at radius 1 is 1.22 bits per heavy atom. The molecule has 0 saturated carbocycles. The van der Waals surface area contributed by atoms with E-state index < -0.39 is 5.97 Å². The van der Waals surface area contributed by atoms with Crippen LogP contribution in [0.4, 0.5) is 0 Å². The molecule has 4 nitrogen and oxygen atoms in total. The summed E-state index contributed by atoms with van der Waals surface area (Å²) in [5.74, 6) is -1.01. The van der Waals surface area contributed by atoms with E-state index in [9.17, 15) is 4.79 Å². The lowest BCUT2D eigenvalue weighted by Crippen LogP contribution is -2.11. The fourth-order valence-electron chi connectivity index (χ4n) is 1.88. The first kappa shape index (κ1) is 11.9. The Morgan fingerprint density at radius 3 is 2.56 bits per heavy atom. The quantitative estimate of drug-likeness (QED) is 0.891. The Balaban J connectivity index is 2.21. The first-order chi connectivity index (χ1) is 8.72. The predicted molar refractivity (Wildman–Crippen MR) is 66.3 cm³/mol. The van der Waals surface area contributed by atoms with Crippen molar-refractivity contribution >= 4 is 5.97 Å². The number of aromatic nitrogens is 1. The molecule has 1 aromatic heterocycles. The molecule has 0 atom stereocenters. The van der Waals surface area contributed by atoms with Crippen LogP contribution in [-0.4, -0.2) is 15.6 Å². The van der Waals surface area contributed by atoms with Gasteiger partial charge in [-0.15, -0.1) is 0 Å². The smallest absolute Gasteiger partial charge is 0.352 e. The molecule has 1 N–H and O–H groups in total. The highest BCUT2D eigenvalue weighted by atomic mass is 16.4. The number of carbonyl (C=O) groups is 1. The van der Waals surface area contributed by atoms with Crippen molar-refractivity contribution < 1.29 is 9.90 Å². The second-order valence-corrected chi connectivity index (χ2v) is 3.91. The Bertz CT molecular complexity index is 594. The molecule has 0 aliphatic carbocycles. The third-order valence-electron chi connectivity index (χ3n) is 2.78.